The molecule has 20 heavy (non-hydrogen) atoms. The number of nitrogens with zero attached hydrogens (tertiary/aromatic N) is 2. The van der Waals surface area contributed by atoms with Crippen LogP contribution in [0.2, 0.25) is 0 Å². The van der Waals surface area contributed by atoms with Crippen LogP contribution in [0.25, 0.3) is 0 Å². The zero-order valence-electron chi connectivity index (χ0n) is 11.0. The third-order valence-electron chi connectivity index (χ3n) is 3.14. The van der Waals surface area contributed by atoms with Crippen LogP contribution in [-0.2, 0) is 16.0 Å². The third-order valence-corrected chi connectivity index (χ3v) is 4.07. The zero-order chi connectivity index (χ0) is 14.7. The van der Waals surface area contributed by atoms with Crippen molar-refractivity contribution in [2.75, 3.05) is 13.2 Å². The summed E-state index contributed by atoms with van der Waals surface area (Å²) in [5.41, 5.74) is -0.0349. The molecule has 7 nitrogen and oxygen atoms in total. The van der Waals surface area contributed by atoms with Crippen molar-refractivity contribution in [2.45, 2.75) is 32.6 Å². The fraction of sp³-hybridized carbons (Fsp3) is 0.583. The topological polar surface area (TPSA) is 83.6 Å². The molecule has 2 heterocycles. The van der Waals surface area contributed by atoms with Crippen LogP contribution in [0.3, 0.4) is 0 Å². The average Bonchev–Trinajstić information content (AvgIpc) is 2.45. The van der Waals surface area contributed by atoms with Crippen molar-refractivity contribution in [1.82, 2.24) is 4.57 Å². The number of aryl methyl sites for hydroxylation is 1. The molecule has 0 bridgehead atoms. The lowest BCUT2D eigenvalue weighted by atomic mass is 10.2. The van der Waals surface area contributed by atoms with Crippen LogP contribution >= 0.6 is 15.9 Å². The maximum atomic E-state index is 12.0. The van der Waals surface area contributed by atoms with E-state index in [1.807, 2.05) is 0 Å². The van der Waals surface area contributed by atoms with E-state index in [2.05, 4.69) is 15.9 Å². The Hall–Kier alpha value is -1.25. The summed E-state index contributed by atoms with van der Waals surface area (Å²) in [6, 6.07) is 0. The molecule has 0 saturated carbocycles. The molecule has 1 aliphatic rings. The van der Waals surface area contributed by atoms with Gasteiger partial charge in [0.2, 0.25) is 0 Å². The zero-order valence-corrected chi connectivity index (χ0v) is 12.6. The average molecular weight is 347 g/mol. The summed E-state index contributed by atoms with van der Waals surface area (Å²) in [7, 11) is 0. The molecule has 0 N–H and O–H groups in total. The minimum absolute atomic E-state index is 0.0815. The van der Waals surface area contributed by atoms with Crippen LogP contribution in [0, 0.1) is 17.0 Å². The lowest BCUT2D eigenvalue weighted by molar-refractivity contribution is -0.386. The van der Waals surface area contributed by atoms with E-state index in [1.54, 1.807) is 6.92 Å². The summed E-state index contributed by atoms with van der Waals surface area (Å²) in [6.45, 7) is 3.12. The second-order valence-corrected chi connectivity index (χ2v) is 5.32. The van der Waals surface area contributed by atoms with Crippen LogP contribution in [0.1, 0.15) is 18.4 Å². The highest BCUT2D eigenvalue weighted by molar-refractivity contribution is 9.10. The van der Waals surface area contributed by atoms with Crippen LogP contribution in [0.4, 0.5) is 5.69 Å². The molecule has 0 amide bonds. The van der Waals surface area contributed by atoms with E-state index < -0.39 is 4.92 Å². The second kappa shape index (κ2) is 6.47. The molecular weight excluding hydrogens is 332 g/mol. The van der Waals surface area contributed by atoms with Gasteiger partial charge in [-0.05, 0) is 29.3 Å². The van der Waals surface area contributed by atoms with Crippen molar-refractivity contribution in [2.24, 2.45) is 0 Å². The van der Waals surface area contributed by atoms with Gasteiger partial charge in [-0.25, -0.2) is 0 Å². The highest BCUT2D eigenvalue weighted by Gasteiger charge is 2.20. The number of hydrogen-bond acceptors (Lipinski definition) is 5. The molecule has 0 aromatic carbocycles. The molecule has 1 saturated heterocycles. The predicted octanol–water partition coefficient (Wildman–Crippen LogP) is 1.98. The van der Waals surface area contributed by atoms with Gasteiger partial charge in [-0.2, -0.15) is 0 Å². The van der Waals surface area contributed by atoms with Gasteiger partial charge in [0.1, 0.15) is 0 Å². The Bertz CT molecular complexity index is 566. The largest absolute Gasteiger partial charge is 0.353 e. The number of aromatic nitrogens is 1. The fourth-order valence-electron chi connectivity index (χ4n) is 2.00. The van der Waals surface area contributed by atoms with Crippen molar-refractivity contribution in [3.63, 3.8) is 0 Å². The SMILES string of the molecule is Cc1c([N+](=O)[O-])cn(CCC2OCCCO2)c(=O)c1Br. The number of halogens is 1. The normalized spacial score (nSPS) is 16.3. The summed E-state index contributed by atoms with van der Waals surface area (Å²) in [6.07, 6.45) is 2.25. The molecule has 0 radical (unpaired) electrons. The van der Waals surface area contributed by atoms with Crippen molar-refractivity contribution in [1.29, 1.82) is 0 Å². The third kappa shape index (κ3) is 3.25. The summed E-state index contributed by atoms with van der Waals surface area (Å²) in [5, 5.41) is 11.0. The Morgan fingerprint density at radius 2 is 2.15 bits per heavy atom. The van der Waals surface area contributed by atoms with Gasteiger partial charge >= 0.3 is 0 Å². The molecular formula is C12H15BrN2O5. The van der Waals surface area contributed by atoms with E-state index in [1.165, 1.54) is 10.8 Å². The van der Waals surface area contributed by atoms with Gasteiger partial charge in [-0.1, -0.05) is 0 Å². The van der Waals surface area contributed by atoms with Gasteiger partial charge in [0.25, 0.3) is 11.2 Å². The number of nitro groups is 1. The Morgan fingerprint density at radius 3 is 2.75 bits per heavy atom. The van der Waals surface area contributed by atoms with Crippen molar-refractivity contribution in [3.8, 4) is 0 Å². The minimum atomic E-state index is -0.496. The van der Waals surface area contributed by atoms with Crippen LogP contribution in [-0.4, -0.2) is 29.0 Å². The molecule has 0 atom stereocenters. The number of rotatable bonds is 4. The van der Waals surface area contributed by atoms with E-state index in [0.29, 0.717) is 31.7 Å². The van der Waals surface area contributed by atoms with E-state index >= 15 is 0 Å². The number of hydrogen-bond donors (Lipinski definition) is 0. The lowest BCUT2D eigenvalue weighted by Gasteiger charge is -2.23. The van der Waals surface area contributed by atoms with Gasteiger partial charge in [-0.15, -0.1) is 0 Å². The molecule has 2 rings (SSSR count). The standard InChI is InChI=1S/C12H15BrN2O5/c1-8-9(15(17)18)7-14(12(16)11(8)13)4-3-10-19-5-2-6-20-10/h7,10H,2-6H2,1H3. The predicted molar refractivity (Wildman–Crippen MR) is 74.7 cm³/mol. The number of pyridine rings is 1. The fourth-order valence-corrected chi connectivity index (χ4v) is 2.43. The van der Waals surface area contributed by atoms with E-state index in [0.717, 1.165) is 6.42 Å². The van der Waals surface area contributed by atoms with E-state index in [-0.39, 0.29) is 22.0 Å². The van der Waals surface area contributed by atoms with Crippen LogP contribution in [0.5, 0.6) is 0 Å². The van der Waals surface area contributed by atoms with Gasteiger partial charge in [0.05, 0.1) is 28.8 Å². The maximum absolute atomic E-state index is 12.0. The first kappa shape index (κ1) is 15.1. The van der Waals surface area contributed by atoms with Crippen molar-refractivity contribution < 1.29 is 14.4 Å². The number of ether oxygens (including phenoxy) is 2. The first-order chi connectivity index (χ1) is 9.50. The summed E-state index contributed by atoms with van der Waals surface area (Å²) in [4.78, 5) is 22.5. The molecule has 0 spiro atoms. The van der Waals surface area contributed by atoms with Crippen LogP contribution < -0.4 is 5.56 Å². The minimum Gasteiger partial charge on any atom is -0.353 e. The summed E-state index contributed by atoms with van der Waals surface area (Å²) < 4.78 is 12.3. The first-order valence-electron chi connectivity index (χ1n) is 6.28. The monoisotopic (exact) mass is 346 g/mol. The van der Waals surface area contributed by atoms with E-state index in [4.69, 9.17) is 9.47 Å². The molecule has 1 aliphatic heterocycles. The van der Waals surface area contributed by atoms with Crippen LogP contribution in [0.15, 0.2) is 15.5 Å². The highest BCUT2D eigenvalue weighted by atomic mass is 79.9. The molecule has 1 fully saturated rings. The quantitative estimate of drug-likeness (QED) is 0.614. The molecule has 1 aromatic rings. The molecule has 0 unspecified atom stereocenters. The Balaban J connectivity index is 2.18. The summed E-state index contributed by atoms with van der Waals surface area (Å²) >= 11 is 3.11. The smallest absolute Gasteiger partial charge is 0.289 e. The summed E-state index contributed by atoms with van der Waals surface area (Å²) in [5.74, 6) is 0. The second-order valence-electron chi connectivity index (χ2n) is 4.52. The van der Waals surface area contributed by atoms with Crippen molar-refractivity contribution >= 4 is 21.6 Å². The molecule has 1 aromatic heterocycles. The van der Waals surface area contributed by atoms with Gasteiger partial charge in [-0.3, -0.25) is 14.9 Å². The van der Waals surface area contributed by atoms with E-state index in [9.17, 15) is 14.9 Å². The highest BCUT2D eigenvalue weighted by Crippen LogP contribution is 2.22. The molecule has 0 aliphatic carbocycles. The van der Waals surface area contributed by atoms with Gasteiger partial charge in [0.15, 0.2) is 6.29 Å². The van der Waals surface area contributed by atoms with Gasteiger partial charge < -0.3 is 14.0 Å². The Labute approximate surface area is 123 Å². The molecule has 110 valence electrons. The van der Waals surface area contributed by atoms with Crippen molar-refractivity contribution in [3.05, 3.63) is 36.7 Å². The molecule has 8 heteroatoms. The lowest BCUT2D eigenvalue weighted by Crippen LogP contribution is -2.29. The first-order valence-corrected chi connectivity index (χ1v) is 7.07. The Kier molecular flexibility index (Phi) is 4.90. The Morgan fingerprint density at radius 1 is 1.50 bits per heavy atom. The maximum Gasteiger partial charge on any atom is 0.289 e. The van der Waals surface area contributed by atoms with Gasteiger partial charge in [0, 0.05) is 18.5 Å².